The third-order valence-corrected chi connectivity index (χ3v) is 31.9. The zero-order valence-corrected chi connectivity index (χ0v) is 92.9. The Bertz CT molecular complexity index is 2560. The Labute approximate surface area is 856 Å². The molecule has 0 aliphatic carbocycles. The fourth-order valence-electron chi connectivity index (χ4n) is 15.9. The maximum Gasteiger partial charge on any atom is 0.307 e. The smallest absolute Gasteiger partial charge is 0.307 e. The Morgan fingerprint density at radius 3 is 0.551 bits per heavy atom. The van der Waals surface area contributed by atoms with E-state index in [1.807, 2.05) is 0 Å². The molecule has 1 unspecified atom stereocenters. The minimum Gasteiger partial charge on any atom is -0.466 e. The minimum absolute atomic E-state index is 0.0392. The van der Waals surface area contributed by atoms with Gasteiger partial charge < -0.3 is 57.3 Å². The second-order valence-corrected chi connectivity index (χ2v) is 45.6. The standard InChI is InChI=1S/C109H205N3O18S6/c1-7-13-19-25-31-37-43-49-55-61-86-122-101(113)68-78-110(79-69-102(114)123-87-62-56-50-44-38-32-26-20-14-8-2)77-67-92-131-132-93-74-107(119)128-98-100(130-109(121)76-95-134-136-97-85-112(82-72-105(117)126-90-65-59-53-47-41-35-29-23-17-11-5)83-73-106(118)127-91-66-60-54-48-42-36-30-24-18-12-6)99-129-108(120)75-94-133-135-96-84-111(80-70-103(115)124-88-63-57-51-45-39-33-27-21-15-9-3)81-71-104(116)125-89-64-58-52-46-40-34-28-22-16-10-4/h100H,7-99H2,1-6H3. The van der Waals surface area contributed by atoms with Crippen LogP contribution >= 0.6 is 64.8 Å². The van der Waals surface area contributed by atoms with Gasteiger partial charge in [0, 0.05) is 86.9 Å². The van der Waals surface area contributed by atoms with E-state index in [0.717, 1.165) is 128 Å². The Morgan fingerprint density at radius 2 is 0.338 bits per heavy atom. The van der Waals surface area contributed by atoms with Crippen molar-refractivity contribution in [3.63, 3.8) is 0 Å². The van der Waals surface area contributed by atoms with Gasteiger partial charge in [-0.1, -0.05) is 453 Å². The van der Waals surface area contributed by atoms with Crippen LogP contribution in [0, 0.1) is 0 Å². The maximum atomic E-state index is 13.6. The predicted molar refractivity (Wildman–Crippen MR) is 579 cm³/mol. The monoisotopic (exact) mass is 2040 g/mol. The van der Waals surface area contributed by atoms with Gasteiger partial charge in [0.25, 0.3) is 0 Å². The molecule has 1 atom stereocenters. The molecule has 0 bridgehead atoms. The van der Waals surface area contributed by atoms with Crippen molar-refractivity contribution < 1.29 is 85.8 Å². The van der Waals surface area contributed by atoms with Crippen LogP contribution in [0.4, 0.5) is 0 Å². The summed E-state index contributed by atoms with van der Waals surface area (Å²) in [6.45, 7) is 20.0. The molecule has 0 aliphatic rings. The molecule has 0 spiro atoms. The van der Waals surface area contributed by atoms with Crippen molar-refractivity contribution in [2.75, 3.05) is 146 Å². The van der Waals surface area contributed by atoms with Gasteiger partial charge in [0.15, 0.2) is 6.10 Å². The first-order valence-electron chi connectivity index (χ1n) is 56.0. The van der Waals surface area contributed by atoms with Crippen molar-refractivity contribution in [2.24, 2.45) is 0 Å². The van der Waals surface area contributed by atoms with Gasteiger partial charge in [-0.2, -0.15) is 0 Å². The van der Waals surface area contributed by atoms with Crippen LogP contribution in [0.5, 0.6) is 0 Å². The minimum atomic E-state index is -1.06. The van der Waals surface area contributed by atoms with Crippen LogP contribution in [0.25, 0.3) is 0 Å². The normalized spacial score (nSPS) is 11.7. The van der Waals surface area contributed by atoms with E-state index in [4.69, 9.17) is 42.6 Å². The third kappa shape index (κ3) is 103. The first-order valence-corrected chi connectivity index (χ1v) is 63.5. The molecule has 0 N–H and O–H groups in total. The van der Waals surface area contributed by atoms with Crippen LogP contribution in [0.3, 0.4) is 0 Å². The molecule has 0 aromatic rings. The van der Waals surface area contributed by atoms with Gasteiger partial charge in [-0.05, 0) is 51.5 Å². The van der Waals surface area contributed by atoms with Gasteiger partial charge in [0.1, 0.15) is 13.2 Å². The number of unbranched alkanes of at least 4 members (excludes halogenated alkanes) is 54. The lowest BCUT2D eigenvalue weighted by Gasteiger charge is -2.21. The van der Waals surface area contributed by atoms with Crippen LogP contribution in [0.15, 0.2) is 0 Å². The van der Waals surface area contributed by atoms with Crippen LogP contribution in [0.1, 0.15) is 491 Å². The number of ether oxygens (including phenoxy) is 9. The second kappa shape index (κ2) is 109. The molecular formula is C109H205N3O18S6. The average Bonchev–Trinajstić information content (AvgIpc) is 0.985. The number of nitrogens with zero attached hydrogens (tertiary/aromatic N) is 3. The second-order valence-electron chi connectivity index (χ2n) is 37.5. The van der Waals surface area contributed by atoms with E-state index in [-0.39, 0.29) is 107 Å². The van der Waals surface area contributed by atoms with E-state index < -0.39 is 24.0 Å². The molecule has 0 fully saturated rings. The molecule has 0 aromatic carbocycles. The summed E-state index contributed by atoms with van der Waals surface area (Å²) in [5.41, 5.74) is 0. The van der Waals surface area contributed by atoms with Crippen LogP contribution in [0.2, 0.25) is 0 Å². The molecule has 0 amide bonds. The third-order valence-electron chi connectivity index (χ3n) is 24.6. The number of hydrogen-bond acceptors (Lipinski definition) is 27. The molecular weight excluding hydrogens is 1830 g/mol. The molecule has 136 heavy (non-hydrogen) atoms. The number of carbonyl (C=O) groups excluding carboxylic acids is 9. The predicted octanol–water partition coefficient (Wildman–Crippen LogP) is 29.7. The number of esters is 9. The van der Waals surface area contributed by atoms with Crippen LogP contribution < -0.4 is 0 Å². The van der Waals surface area contributed by atoms with Crippen molar-refractivity contribution >= 4 is 118 Å². The van der Waals surface area contributed by atoms with Crippen molar-refractivity contribution in [3.8, 4) is 0 Å². The van der Waals surface area contributed by atoms with E-state index in [2.05, 4.69) is 56.2 Å². The van der Waals surface area contributed by atoms with E-state index in [1.165, 1.54) is 291 Å². The first-order chi connectivity index (χ1) is 66.7. The highest BCUT2D eigenvalue weighted by molar-refractivity contribution is 8.77. The summed E-state index contributed by atoms with van der Waals surface area (Å²) >= 11 is 0. The SMILES string of the molecule is CCCCCCCCCCCCOC(=O)CCN(CCCSSCCC(=O)OCC(COC(=O)CCSSCCN(CCC(=O)OCCCCCCCCCCCC)CCC(=O)OCCCCCCCCCCCC)OC(=O)CCSSCCN(CCC(=O)OCCCCCCCCCCCC)CCC(=O)OCCCCCCCCCCCC)CCC(=O)OCCCCCCCCCCCC. The Balaban J connectivity index is 6.03. The molecule has 0 radical (unpaired) electrons. The summed E-state index contributed by atoms with van der Waals surface area (Å²) < 4.78 is 51.3. The number of carbonyl (C=O) groups is 9. The van der Waals surface area contributed by atoms with Crippen molar-refractivity contribution in [1.82, 2.24) is 14.7 Å². The van der Waals surface area contributed by atoms with E-state index in [9.17, 15) is 43.2 Å². The average molecular weight is 2040 g/mol. The molecule has 0 aromatic heterocycles. The Morgan fingerprint density at radius 1 is 0.169 bits per heavy atom. The summed E-state index contributed by atoms with van der Waals surface area (Å²) in [5, 5.41) is 0. The van der Waals surface area contributed by atoms with Gasteiger partial charge in [-0.15, -0.1) is 0 Å². The molecule has 0 rings (SSSR count). The Kier molecular flexibility index (Phi) is 107. The van der Waals surface area contributed by atoms with Gasteiger partial charge >= 0.3 is 53.7 Å². The fourth-order valence-corrected chi connectivity index (χ4v) is 21.9. The molecule has 0 aliphatic heterocycles. The molecule has 21 nitrogen and oxygen atoms in total. The quantitative estimate of drug-likeness (QED) is 0.0238. The van der Waals surface area contributed by atoms with Crippen molar-refractivity contribution in [1.29, 1.82) is 0 Å². The first kappa shape index (κ1) is 133. The summed E-state index contributed by atoms with van der Waals surface area (Å²) in [7, 11) is 9.39. The zero-order chi connectivity index (χ0) is 98.9. The largest absolute Gasteiger partial charge is 0.466 e. The molecule has 0 heterocycles. The van der Waals surface area contributed by atoms with E-state index in [0.29, 0.717) is 127 Å². The summed E-state index contributed by atoms with van der Waals surface area (Å²) in [5.74, 6) is 0.476. The maximum absolute atomic E-state index is 13.6. The van der Waals surface area contributed by atoms with Gasteiger partial charge in [0.05, 0.1) is 97.4 Å². The molecule has 27 heteroatoms. The van der Waals surface area contributed by atoms with Gasteiger partial charge in [0.2, 0.25) is 0 Å². The van der Waals surface area contributed by atoms with Gasteiger partial charge in [-0.25, -0.2) is 0 Å². The van der Waals surface area contributed by atoms with Crippen LogP contribution in [-0.4, -0.2) is 221 Å². The lowest BCUT2D eigenvalue weighted by molar-refractivity contribution is -0.166. The highest BCUT2D eigenvalue weighted by Gasteiger charge is 2.23. The summed E-state index contributed by atoms with van der Waals surface area (Å²) in [6, 6.07) is 0. The lowest BCUT2D eigenvalue weighted by atomic mass is 10.1. The summed E-state index contributed by atoms with van der Waals surface area (Å²) in [4.78, 5) is 125. The molecule has 0 saturated heterocycles. The van der Waals surface area contributed by atoms with Crippen molar-refractivity contribution in [3.05, 3.63) is 0 Å². The molecule has 800 valence electrons. The fraction of sp³-hybridized carbons (Fsp3) is 0.917. The topological polar surface area (TPSA) is 246 Å². The molecule has 0 saturated carbocycles. The Hall–Kier alpha value is -2.79. The highest BCUT2D eigenvalue weighted by Crippen LogP contribution is 2.27. The lowest BCUT2D eigenvalue weighted by Crippen LogP contribution is -2.31. The van der Waals surface area contributed by atoms with E-state index >= 15 is 0 Å². The van der Waals surface area contributed by atoms with E-state index in [1.54, 1.807) is 43.2 Å². The van der Waals surface area contributed by atoms with Gasteiger partial charge in [-0.3, -0.25) is 43.2 Å². The summed E-state index contributed by atoms with van der Waals surface area (Å²) in [6.07, 6.45) is 73.4. The van der Waals surface area contributed by atoms with Crippen molar-refractivity contribution in [2.45, 2.75) is 497 Å². The van der Waals surface area contributed by atoms with Crippen LogP contribution in [-0.2, 0) is 85.8 Å². The zero-order valence-electron chi connectivity index (χ0n) is 88.0. The number of rotatable bonds is 111. The number of hydrogen-bond donors (Lipinski definition) is 0. The highest BCUT2D eigenvalue weighted by atomic mass is 33.1.